The predicted molar refractivity (Wildman–Crippen MR) is 460 cm³/mol. The number of ether oxygens (including phenoxy) is 4. The molecule has 6 atom stereocenters. The molecule has 111 heavy (non-hydrogen) atoms. The van der Waals surface area contributed by atoms with Gasteiger partial charge in [-0.15, -0.1) is 0 Å². The largest absolute Gasteiger partial charge is 0.472 e. The molecular weight excluding hydrogens is 1440 g/mol. The first-order valence-electron chi connectivity index (χ1n) is 47.2. The van der Waals surface area contributed by atoms with Crippen LogP contribution in [0.25, 0.3) is 0 Å². The maximum atomic E-state index is 13.2. The molecule has 0 amide bonds. The minimum atomic E-state index is -4.97. The Morgan fingerprint density at radius 1 is 0.252 bits per heavy atom. The number of aliphatic hydroxyl groups is 1. The monoisotopic (exact) mass is 1620 g/mol. The average Bonchev–Trinajstić information content (AvgIpc) is 0.897. The standard InChI is InChI=1S/C92H180O17P2/c1-9-85(8)71-63-55-47-42-43-49-57-65-73-90(95)103-79-88(109-92(97)75-67-59-51-41-35-29-23-17-15-20-26-32-38-46-54-62-70-84(6)7)81-107-111(100,101)105-77-86(93)76-104-110(98,99)106-80-87(78-102-89(94)72-64-56-48-39-33-27-21-16-14-19-25-31-37-45-53-61-69-83(4)5)108-91(96)74-66-58-50-40-34-28-22-13-11-10-12-18-24-30-36-44-52-60-68-82(2)3/h82-88,93H,9-81H2,1-8H3,(H,98,99)(H,100,101)/t85?,86-,87-,88-/m1/s1. The van der Waals surface area contributed by atoms with Crippen LogP contribution in [0, 0.1) is 23.7 Å². The Kier molecular flexibility index (Phi) is 79.1. The second-order valence-electron chi connectivity index (χ2n) is 34.7. The highest BCUT2D eigenvalue weighted by molar-refractivity contribution is 7.47. The van der Waals surface area contributed by atoms with Crippen molar-refractivity contribution in [2.24, 2.45) is 23.7 Å². The smallest absolute Gasteiger partial charge is 0.462 e. The summed E-state index contributed by atoms with van der Waals surface area (Å²) in [6, 6.07) is 0. The highest BCUT2D eigenvalue weighted by atomic mass is 31.2. The summed E-state index contributed by atoms with van der Waals surface area (Å²) in [6.07, 6.45) is 72.2. The summed E-state index contributed by atoms with van der Waals surface area (Å²) in [5.41, 5.74) is 0. The molecule has 0 aliphatic rings. The number of aliphatic hydroxyl groups excluding tert-OH is 1. The van der Waals surface area contributed by atoms with Crippen molar-refractivity contribution in [2.45, 2.75) is 504 Å². The molecule has 0 radical (unpaired) electrons. The number of carbonyl (C=O) groups excluding carboxylic acids is 4. The van der Waals surface area contributed by atoms with Crippen LogP contribution in [0.3, 0.4) is 0 Å². The highest BCUT2D eigenvalue weighted by Gasteiger charge is 2.31. The zero-order valence-corrected chi connectivity index (χ0v) is 75.4. The summed E-state index contributed by atoms with van der Waals surface area (Å²) in [5, 5.41) is 10.7. The Morgan fingerprint density at radius 2 is 0.432 bits per heavy atom. The number of hydrogen-bond donors (Lipinski definition) is 3. The van der Waals surface area contributed by atoms with Gasteiger partial charge < -0.3 is 33.8 Å². The van der Waals surface area contributed by atoms with E-state index in [2.05, 4.69) is 55.4 Å². The normalized spacial score (nSPS) is 14.1. The lowest BCUT2D eigenvalue weighted by Crippen LogP contribution is -2.30. The maximum absolute atomic E-state index is 13.2. The summed E-state index contributed by atoms with van der Waals surface area (Å²) in [5.74, 6) is 1.12. The van der Waals surface area contributed by atoms with Crippen molar-refractivity contribution in [1.82, 2.24) is 0 Å². The SMILES string of the molecule is CCC(C)CCCCCCCCCCC(=O)OC[C@H](COP(=O)(O)OC[C@H](O)COP(=O)(O)OC[C@@H](COC(=O)CCCCCCCCCCCCCCCCCCC(C)C)OC(=O)CCCCCCCCCCCCCCCCCCCCC(C)C)OC(=O)CCCCCCCCCCCCCCCCCCC(C)C. The van der Waals surface area contributed by atoms with E-state index in [1.807, 2.05) is 0 Å². The fourth-order valence-electron chi connectivity index (χ4n) is 14.3. The van der Waals surface area contributed by atoms with Crippen LogP contribution in [0.2, 0.25) is 0 Å². The molecule has 0 aliphatic heterocycles. The second kappa shape index (κ2) is 80.5. The number of esters is 4. The summed E-state index contributed by atoms with van der Waals surface area (Å²) in [6.45, 7) is 14.4. The van der Waals surface area contributed by atoms with E-state index in [4.69, 9.17) is 37.0 Å². The first-order valence-corrected chi connectivity index (χ1v) is 50.2. The van der Waals surface area contributed by atoms with E-state index in [1.165, 1.54) is 289 Å². The van der Waals surface area contributed by atoms with Crippen LogP contribution in [0.4, 0.5) is 0 Å². The molecule has 0 aromatic carbocycles. The molecule has 0 saturated carbocycles. The van der Waals surface area contributed by atoms with Crippen molar-refractivity contribution in [1.29, 1.82) is 0 Å². The van der Waals surface area contributed by atoms with Crippen LogP contribution in [0.5, 0.6) is 0 Å². The van der Waals surface area contributed by atoms with Crippen molar-refractivity contribution in [3.63, 3.8) is 0 Å². The van der Waals surface area contributed by atoms with Gasteiger partial charge in [-0.2, -0.15) is 0 Å². The number of hydrogen-bond acceptors (Lipinski definition) is 15. The summed E-state index contributed by atoms with van der Waals surface area (Å²) in [7, 11) is -9.94. The van der Waals surface area contributed by atoms with Crippen LogP contribution in [0.15, 0.2) is 0 Å². The molecule has 0 aromatic heterocycles. The lowest BCUT2D eigenvalue weighted by molar-refractivity contribution is -0.161. The topological polar surface area (TPSA) is 237 Å². The minimum Gasteiger partial charge on any atom is -0.462 e. The third kappa shape index (κ3) is 84.3. The van der Waals surface area contributed by atoms with Crippen molar-refractivity contribution in [2.75, 3.05) is 39.6 Å². The Labute approximate surface area is 683 Å². The molecule has 3 unspecified atom stereocenters. The minimum absolute atomic E-state index is 0.107. The van der Waals surface area contributed by atoms with Crippen LogP contribution in [-0.4, -0.2) is 96.7 Å². The fraction of sp³-hybridized carbons (Fsp3) is 0.957. The van der Waals surface area contributed by atoms with Crippen molar-refractivity contribution in [3.05, 3.63) is 0 Å². The van der Waals surface area contributed by atoms with E-state index in [0.717, 1.165) is 114 Å². The lowest BCUT2D eigenvalue weighted by Gasteiger charge is -2.21. The molecule has 0 rings (SSSR count). The molecule has 19 heteroatoms. The number of carbonyl (C=O) groups is 4. The van der Waals surface area contributed by atoms with Gasteiger partial charge >= 0.3 is 39.5 Å². The summed E-state index contributed by atoms with van der Waals surface area (Å²) < 4.78 is 69.1. The molecule has 17 nitrogen and oxygen atoms in total. The molecule has 0 fully saturated rings. The molecule has 0 spiro atoms. The molecule has 0 saturated heterocycles. The fourth-order valence-corrected chi connectivity index (χ4v) is 15.9. The third-order valence-corrected chi connectivity index (χ3v) is 23.8. The molecule has 660 valence electrons. The van der Waals surface area contributed by atoms with Gasteiger partial charge in [-0.25, -0.2) is 9.13 Å². The second-order valence-corrected chi connectivity index (χ2v) is 37.6. The van der Waals surface area contributed by atoms with Crippen LogP contribution in [-0.2, 0) is 65.4 Å². The van der Waals surface area contributed by atoms with Gasteiger partial charge in [-0.05, 0) is 49.4 Å². The Morgan fingerprint density at radius 3 is 0.640 bits per heavy atom. The van der Waals surface area contributed by atoms with Crippen molar-refractivity contribution >= 4 is 39.5 Å². The van der Waals surface area contributed by atoms with Crippen molar-refractivity contribution < 1.29 is 80.2 Å². The maximum Gasteiger partial charge on any atom is 0.472 e. The number of unbranched alkanes of at least 4 members (excludes halogenated alkanes) is 54. The van der Waals surface area contributed by atoms with Gasteiger partial charge in [0.2, 0.25) is 0 Å². The molecule has 0 aromatic rings. The Balaban J connectivity index is 5.26. The van der Waals surface area contributed by atoms with Gasteiger partial charge in [0.1, 0.15) is 19.3 Å². The molecule has 3 N–H and O–H groups in total. The lowest BCUT2D eigenvalue weighted by atomic mass is 9.99. The van der Waals surface area contributed by atoms with E-state index in [9.17, 15) is 43.2 Å². The van der Waals surface area contributed by atoms with E-state index in [1.54, 1.807) is 0 Å². The summed E-state index contributed by atoms with van der Waals surface area (Å²) in [4.78, 5) is 73.5. The van der Waals surface area contributed by atoms with Gasteiger partial charge in [-0.1, -0.05) is 434 Å². The van der Waals surface area contributed by atoms with Gasteiger partial charge in [0, 0.05) is 25.7 Å². The third-order valence-electron chi connectivity index (χ3n) is 21.9. The zero-order valence-electron chi connectivity index (χ0n) is 73.6. The molecule has 0 heterocycles. The Hall–Kier alpha value is -1.94. The van der Waals surface area contributed by atoms with Gasteiger partial charge in [0.25, 0.3) is 0 Å². The predicted octanol–water partition coefficient (Wildman–Crippen LogP) is 28.3. The van der Waals surface area contributed by atoms with Gasteiger partial charge in [0.05, 0.1) is 26.4 Å². The van der Waals surface area contributed by atoms with E-state index in [-0.39, 0.29) is 25.7 Å². The number of phosphoric acid groups is 2. The number of phosphoric ester groups is 2. The van der Waals surface area contributed by atoms with Crippen molar-refractivity contribution in [3.8, 4) is 0 Å². The summed E-state index contributed by atoms with van der Waals surface area (Å²) >= 11 is 0. The number of rotatable bonds is 89. The molecule has 0 bridgehead atoms. The van der Waals surface area contributed by atoms with Crippen LogP contribution >= 0.6 is 15.6 Å². The first kappa shape index (κ1) is 109. The Bertz CT molecular complexity index is 2150. The molecule has 0 aliphatic carbocycles. The van der Waals surface area contributed by atoms with E-state index in [0.29, 0.717) is 25.7 Å². The van der Waals surface area contributed by atoms with E-state index < -0.39 is 97.5 Å². The molecular formula is C92H180O17P2. The van der Waals surface area contributed by atoms with Gasteiger partial charge in [-0.3, -0.25) is 37.3 Å². The highest BCUT2D eigenvalue weighted by Crippen LogP contribution is 2.45. The zero-order chi connectivity index (χ0) is 81.6. The van der Waals surface area contributed by atoms with E-state index >= 15 is 0 Å². The van der Waals surface area contributed by atoms with Crippen LogP contribution in [0.1, 0.15) is 486 Å². The average molecular weight is 1620 g/mol. The van der Waals surface area contributed by atoms with Gasteiger partial charge in [0.15, 0.2) is 12.2 Å². The quantitative estimate of drug-likeness (QED) is 0.0222. The van der Waals surface area contributed by atoms with Crippen LogP contribution < -0.4 is 0 Å². The first-order chi connectivity index (χ1) is 53.6.